The van der Waals surface area contributed by atoms with Gasteiger partial charge in [-0.2, -0.15) is 0 Å². The molecule has 0 spiro atoms. The minimum atomic E-state index is 0.328. The van der Waals surface area contributed by atoms with Gasteiger partial charge in [0.1, 0.15) is 0 Å². The smallest absolute Gasteiger partial charge is 0.0922 e. The van der Waals surface area contributed by atoms with Gasteiger partial charge in [0.2, 0.25) is 0 Å². The summed E-state index contributed by atoms with van der Waals surface area (Å²) in [6.45, 7) is 7.07. The summed E-state index contributed by atoms with van der Waals surface area (Å²) in [7, 11) is 0. The van der Waals surface area contributed by atoms with Crippen LogP contribution in [0.4, 0.5) is 0 Å². The minimum absolute atomic E-state index is 0.328. The molecular weight excluding hydrogens is 220 g/mol. The van der Waals surface area contributed by atoms with Gasteiger partial charge in [-0.15, -0.1) is 11.3 Å². The second kappa shape index (κ2) is 4.76. The fraction of sp³-hybridized carbons (Fsp3) is 0.455. The minimum Gasteiger partial charge on any atom is -0.347 e. The Morgan fingerprint density at radius 2 is 2.31 bits per heavy atom. The third-order valence-electron chi connectivity index (χ3n) is 2.49. The molecule has 0 radical (unpaired) electrons. The van der Waals surface area contributed by atoms with E-state index in [1.165, 1.54) is 4.88 Å². The van der Waals surface area contributed by atoms with Crippen LogP contribution in [0.25, 0.3) is 0 Å². The van der Waals surface area contributed by atoms with E-state index in [9.17, 15) is 0 Å². The Labute approximate surface area is 99.2 Å². The lowest BCUT2D eigenvalue weighted by atomic mass is 10.2. The molecule has 5 heteroatoms. The van der Waals surface area contributed by atoms with E-state index >= 15 is 0 Å². The van der Waals surface area contributed by atoms with Crippen LogP contribution >= 0.6 is 11.3 Å². The lowest BCUT2D eigenvalue weighted by molar-refractivity contribution is 0.573. The summed E-state index contributed by atoms with van der Waals surface area (Å²) in [5, 5.41) is 4.58. The van der Waals surface area contributed by atoms with Gasteiger partial charge in [0, 0.05) is 29.4 Å². The predicted octanol–water partition coefficient (Wildman–Crippen LogP) is 2.33. The van der Waals surface area contributed by atoms with E-state index in [-0.39, 0.29) is 0 Å². The van der Waals surface area contributed by atoms with E-state index in [4.69, 9.17) is 0 Å². The van der Waals surface area contributed by atoms with Crippen molar-refractivity contribution < 1.29 is 0 Å². The number of hydrogen-bond donors (Lipinski definition) is 2. The van der Waals surface area contributed by atoms with Crippen molar-refractivity contribution in [3.63, 3.8) is 0 Å². The van der Waals surface area contributed by atoms with Crippen molar-refractivity contribution in [2.45, 2.75) is 33.4 Å². The Hall–Kier alpha value is -1.20. The van der Waals surface area contributed by atoms with Gasteiger partial charge < -0.3 is 10.3 Å². The van der Waals surface area contributed by atoms with E-state index in [2.05, 4.69) is 34.1 Å². The first kappa shape index (κ1) is 11.3. The van der Waals surface area contributed by atoms with Crippen LogP contribution < -0.4 is 5.32 Å². The molecule has 0 aromatic carbocycles. The number of H-pyrrole nitrogens is 1. The van der Waals surface area contributed by atoms with Gasteiger partial charge in [0.15, 0.2) is 0 Å². The van der Waals surface area contributed by atoms with Crippen molar-refractivity contribution in [1.82, 2.24) is 20.3 Å². The summed E-state index contributed by atoms with van der Waals surface area (Å²) in [5.74, 6) is 0. The molecule has 0 saturated heterocycles. The lowest BCUT2D eigenvalue weighted by Gasteiger charge is -2.11. The zero-order valence-electron chi connectivity index (χ0n) is 9.74. The molecule has 0 amide bonds. The first-order chi connectivity index (χ1) is 7.66. The Balaban J connectivity index is 1.98. The summed E-state index contributed by atoms with van der Waals surface area (Å²) >= 11 is 1.76. The molecular formula is C11H16N4S. The summed E-state index contributed by atoms with van der Waals surface area (Å²) in [4.78, 5) is 12.8. The van der Waals surface area contributed by atoms with Crippen molar-refractivity contribution in [1.29, 1.82) is 0 Å². The number of imidazole rings is 1. The van der Waals surface area contributed by atoms with Crippen molar-refractivity contribution in [2.24, 2.45) is 0 Å². The molecule has 1 unspecified atom stereocenters. The van der Waals surface area contributed by atoms with Gasteiger partial charge >= 0.3 is 0 Å². The molecule has 2 aromatic heterocycles. The van der Waals surface area contributed by atoms with Gasteiger partial charge in [-0.05, 0) is 20.8 Å². The highest BCUT2D eigenvalue weighted by Gasteiger charge is 2.12. The molecule has 86 valence electrons. The molecule has 2 aromatic rings. The third kappa shape index (κ3) is 2.48. The van der Waals surface area contributed by atoms with E-state index in [1.54, 1.807) is 17.7 Å². The van der Waals surface area contributed by atoms with E-state index in [1.807, 2.05) is 13.1 Å². The molecule has 0 fully saturated rings. The van der Waals surface area contributed by atoms with Crippen molar-refractivity contribution in [2.75, 3.05) is 0 Å². The van der Waals surface area contributed by atoms with Gasteiger partial charge in [-0.3, -0.25) is 0 Å². The monoisotopic (exact) mass is 236 g/mol. The van der Waals surface area contributed by atoms with Crippen LogP contribution in [-0.2, 0) is 6.54 Å². The summed E-state index contributed by atoms with van der Waals surface area (Å²) in [6, 6.07) is 0.328. The molecule has 16 heavy (non-hydrogen) atoms. The number of aromatic nitrogens is 3. The molecule has 2 heterocycles. The van der Waals surface area contributed by atoms with Gasteiger partial charge in [0.05, 0.1) is 17.0 Å². The Kier molecular flexibility index (Phi) is 3.36. The average molecular weight is 236 g/mol. The van der Waals surface area contributed by atoms with Crippen LogP contribution in [0.15, 0.2) is 12.5 Å². The van der Waals surface area contributed by atoms with Gasteiger partial charge in [-0.25, -0.2) is 9.97 Å². The lowest BCUT2D eigenvalue weighted by Crippen LogP contribution is -2.18. The zero-order valence-corrected chi connectivity index (χ0v) is 10.6. The van der Waals surface area contributed by atoms with Crippen LogP contribution in [0.3, 0.4) is 0 Å². The molecule has 2 N–H and O–H groups in total. The van der Waals surface area contributed by atoms with Crippen molar-refractivity contribution in [3.8, 4) is 0 Å². The van der Waals surface area contributed by atoms with Crippen molar-refractivity contribution >= 4 is 11.3 Å². The molecule has 0 aliphatic carbocycles. The fourth-order valence-corrected chi connectivity index (χ4v) is 2.64. The van der Waals surface area contributed by atoms with E-state index in [0.717, 1.165) is 22.9 Å². The highest BCUT2D eigenvalue weighted by atomic mass is 32.1. The highest BCUT2D eigenvalue weighted by molar-refractivity contribution is 7.11. The largest absolute Gasteiger partial charge is 0.347 e. The second-order valence-electron chi connectivity index (χ2n) is 3.86. The number of aryl methyl sites for hydroxylation is 2. The summed E-state index contributed by atoms with van der Waals surface area (Å²) in [6.07, 6.45) is 3.54. The number of aromatic amines is 1. The van der Waals surface area contributed by atoms with Crippen LogP contribution in [0.2, 0.25) is 0 Å². The maximum atomic E-state index is 4.44. The van der Waals surface area contributed by atoms with E-state index < -0.39 is 0 Å². The molecule has 0 saturated carbocycles. The first-order valence-electron chi connectivity index (χ1n) is 5.31. The molecule has 4 nitrogen and oxygen atoms in total. The normalized spacial score (nSPS) is 12.9. The standard InChI is InChI=1S/C11H16N4S/c1-7(11-8(2)15-9(3)16-11)13-5-10-4-12-6-14-10/h4,6-7,13H,5H2,1-3H3,(H,12,14). The molecule has 2 rings (SSSR count). The summed E-state index contributed by atoms with van der Waals surface area (Å²) in [5.41, 5.74) is 2.23. The topological polar surface area (TPSA) is 53.6 Å². The second-order valence-corrected chi connectivity index (χ2v) is 5.10. The van der Waals surface area contributed by atoms with Crippen molar-refractivity contribution in [3.05, 3.63) is 33.8 Å². The Bertz CT molecular complexity index is 447. The van der Waals surface area contributed by atoms with Gasteiger partial charge in [-0.1, -0.05) is 0 Å². The number of nitrogens with zero attached hydrogens (tertiary/aromatic N) is 2. The molecule has 1 atom stereocenters. The van der Waals surface area contributed by atoms with Crippen LogP contribution in [0.5, 0.6) is 0 Å². The quantitative estimate of drug-likeness (QED) is 0.856. The third-order valence-corrected chi connectivity index (χ3v) is 3.74. The SMILES string of the molecule is Cc1nc(C)c(C(C)NCc2cnc[nH]2)s1. The number of hydrogen-bond acceptors (Lipinski definition) is 4. The van der Waals surface area contributed by atoms with E-state index in [0.29, 0.717) is 6.04 Å². The van der Waals surface area contributed by atoms with Crippen LogP contribution in [0.1, 0.15) is 34.2 Å². The maximum Gasteiger partial charge on any atom is 0.0922 e. The number of nitrogens with one attached hydrogen (secondary N) is 2. The maximum absolute atomic E-state index is 4.44. The number of thiazole rings is 1. The van der Waals surface area contributed by atoms with Crippen LogP contribution in [0, 0.1) is 13.8 Å². The molecule has 0 bridgehead atoms. The number of rotatable bonds is 4. The fourth-order valence-electron chi connectivity index (χ4n) is 1.69. The Morgan fingerprint density at radius 1 is 1.50 bits per heavy atom. The van der Waals surface area contributed by atoms with Gasteiger partial charge in [0.25, 0.3) is 0 Å². The highest BCUT2D eigenvalue weighted by Crippen LogP contribution is 2.24. The molecule has 0 aliphatic heterocycles. The predicted molar refractivity (Wildman–Crippen MR) is 65.4 cm³/mol. The molecule has 0 aliphatic rings. The summed E-state index contributed by atoms with van der Waals surface area (Å²) < 4.78 is 0. The Morgan fingerprint density at radius 3 is 2.88 bits per heavy atom. The average Bonchev–Trinajstić information content (AvgIpc) is 2.84. The zero-order chi connectivity index (χ0) is 11.5. The first-order valence-corrected chi connectivity index (χ1v) is 6.13. The van der Waals surface area contributed by atoms with Crippen LogP contribution in [-0.4, -0.2) is 15.0 Å².